The number of ketones is 2. The Bertz CT molecular complexity index is 1190. The Balaban J connectivity index is 1.63. The first-order valence-electron chi connectivity index (χ1n) is 10.9. The Morgan fingerprint density at radius 3 is 2.61 bits per heavy atom. The Labute approximate surface area is 190 Å². The number of aliphatic imine (C=N–C) groups is 1. The highest BCUT2D eigenvalue weighted by molar-refractivity contribution is 6.25. The number of benzene rings is 1. The van der Waals surface area contributed by atoms with Gasteiger partial charge in [-0.15, -0.1) is 0 Å². The molecule has 1 saturated carbocycles. The summed E-state index contributed by atoms with van der Waals surface area (Å²) in [6, 6.07) is 5.73. The van der Waals surface area contributed by atoms with Gasteiger partial charge in [0.2, 0.25) is 0 Å². The molecule has 172 valence electrons. The normalized spacial score (nSPS) is 20.6. The lowest BCUT2D eigenvalue weighted by atomic mass is 9.73. The van der Waals surface area contributed by atoms with Gasteiger partial charge in [0.15, 0.2) is 11.6 Å². The predicted molar refractivity (Wildman–Crippen MR) is 120 cm³/mol. The fraction of sp³-hybridized carbons (Fsp3) is 0.417. The molecule has 1 fully saturated rings. The molecule has 0 atom stereocenters. The molecule has 33 heavy (non-hydrogen) atoms. The smallest absolute Gasteiger partial charge is 0.269 e. The predicted octanol–water partition coefficient (Wildman–Crippen LogP) is 5.01. The molecule has 0 aliphatic heterocycles. The van der Waals surface area contributed by atoms with Gasteiger partial charge in [-0.25, -0.2) is 0 Å². The number of nitro groups is 1. The lowest BCUT2D eigenvalue weighted by Crippen LogP contribution is -2.32. The van der Waals surface area contributed by atoms with Gasteiger partial charge in [0.25, 0.3) is 5.69 Å². The van der Waals surface area contributed by atoms with Crippen molar-refractivity contribution >= 4 is 28.7 Å². The lowest BCUT2D eigenvalue weighted by Gasteiger charge is -2.31. The van der Waals surface area contributed by atoms with Crippen LogP contribution in [-0.4, -0.2) is 32.5 Å². The van der Waals surface area contributed by atoms with Crippen molar-refractivity contribution in [3.8, 4) is 0 Å². The number of hydrogen-bond donors (Lipinski definition) is 1. The minimum Gasteiger partial charge on any atom is -0.511 e. The first-order valence-corrected chi connectivity index (χ1v) is 10.9. The van der Waals surface area contributed by atoms with E-state index in [0.29, 0.717) is 47.7 Å². The molecular formula is C24H25N3O6. The molecule has 4 rings (SSSR count). The zero-order valence-corrected chi connectivity index (χ0v) is 18.6. The van der Waals surface area contributed by atoms with Gasteiger partial charge in [0, 0.05) is 44.2 Å². The highest BCUT2D eigenvalue weighted by Crippen LogP contribution is 2.37. The number of aromatic nitrogens is 1. The van der Waals surface area contributed by atoms with E-state index in [0.717, 1.165) is 6.42 Å². The van der Waals surface area contributed by atoms with Gasteiger partial charge in [0.1, 0.15) is 11.5 Å². The molecular weight excluding hydrogens is 426 g/mol. The molecule has 9 heteroatoms. The van der Waals surface area contributed by atoms with E-state index in [4.69, 9.17) is 4.52 Å². The fourth-order valence-corrected chi connectivity index (χ4v) is 4.43. The number of nitro benzene ring substituents is 1. The van der Waals surface area contributed by atoms with E-state index in [1.807, 2.05) is 13.8 Å². The van der Waals surface area contributed by atoms with E-state index in [-0.39, 0.29) is 53.3 Å². The first-order chi connectivity index (χ1) is 15.6. The number of allylic oxidation sites excluding steroid dienone is 2. The largest absolute Gasteiger partial charge is 0.511 e. The van der Waals surface area contributed by atoms with E-state index in [1.165, 1.54) is 24.3 Å². The first kappa shape index (κ1) is 22.6. The summed E-state index contributed by atoms with van der Waals surface area (Å²) in [6.07, 6.45) is 2.97. The second-order valence-electron chi connectivity index (χ2n) is 9.30. The van der Waals surface area contributed by atoms with Gasteiger partial charge in [-0.05, 0) is 30.4 Å². The summed E-state index contributed by atoms with van der Waals surface area (Å²) in [5.41, 5.74) is 1.70. The molecule has 2 aliphatic rings. The molecule has 0 amide bonds. The molecule has 0 spiro atoms. The van der Waals surface area contributed by atoms with Crippen molar-refractivity contribution in [1.29, 1.82) is 0 Å². The molecule has 9 nitrogen and oxygen atoms in total. The summed E-state index contributed by atoms with van der Waals surface area (Å²) < 4.78 is 5.30. The van der Waals surface area contributed by atoms with Crippen LogP contribution in [0.2, 0.25) is 0 Å². The second kappa shape index (κ2) is 8.73. The second-order valence-corrected chi connectivity index (χ2v) is 9.30. The Morgan fingerprint density at radius 1 is 1.18 bits per heavy atom. The van der Waals surface area contributed by atoms with Gasteiger partial charge in [0.05, 0.1) is 33.2 Å². The van der Waals surface area contributed by atoms with E-state index in [1.54, 1.807) is 0 Å². The van der Waals surface area contributed by atoms with Gasteiger partial charge in [-0.3, -0.25) is 24.7 Å². The van der Waals surface area contributed by atoms with Gasteiger partial charge in [-0.1, -0.05) is 19.0 Å². The van der Waals surface area contributed by atoms with Crippen molar-refractivity contribution < 1.29 is 24.1 Å². The van der Waals surface area contributed by atoms with E-state index < -0.39 is 4.92 Å². The highest BCUT2D eigenvalue weighted by Gasteiger charge is 2.36. The number of aryl methyl sites for hydroxylation is 2. The average molecular weight is 451 g/mol. The van der Waals surface area contributed by atoms with Crippen molar-refractivity contribution in [2.75, 3.05) is 0 Å². The minimum atomic E-state index is -0.491. The Hall–Kier alpha value is -3.62. The molecule has 1 aromatic heterocycles. The maximum absolute atomic E-state index is 13.0. The molecule has 0 bridgehead atoms. The molecule has 1 heterocycles. The van der Waals surface area contributed by atoms with E-state index in [9.17, 15) is 24.8 Å². The number of carbonyl (C=O) groups is 2. The zero-order valence-electron chi connectivity index (χ0n) is 18.6. The summed E-state index contributed by atoms with van der Waals surface area (Å²) in [5, 5.41) is 25.8. The van der Waals surface area contributed by atoms with Crippen molar-refractivity contribution in [2.45, 2.75) is 58.8 Å². The minimum absolute atomic E-state index is 0.00411. The van der Waals surface area contributed by atoms with E-state index in [2.05, 4.69) is 10.1 Å². The van der Waals surface area contributed by atoms with Gasteiger partial charge in [-0.2, -0.15) is 0 Å². The van der Waals surface area contributed by atoms with Crippen LogP contribution >= 0.6 is 0 Å². The fourth-order valence-electron chi connectivity index (χ4n) is 4.43. The maximum atomic E-state index is 13.0. The number of fused-ring (bicyclic) bond motifs is 1. The van der Waals surface area contributed by atoms with Crippen LogP contribution in [0.5, 0.6) is 0 Å². The number of Topliss-reactive ketones (excluding diaryl/α,β-unsaturated/α-hetero) is 2. The van der Waals surface area contributed by atoms with Gasteiger partial charge < -0.3 is 9.63 Å². The maximum Gasteiger partial charge on any atom is 0.269 e. The highest BCUT2D eigenvalue weighted by atomic mass is 16.6. The van der Waals surface area contributed by atoms with Crippen LogP contribution in [0.15, 0.2) is 45.1 Å². The number of aliphatic hydroxyl groups excluding tert-OH is 1. The lowest BCUT2D eigenvalue weighted by molar-refractivity contribution is -0.384. The molecule has 1 N–H and O–H groups in total. The summed E-state index contributed by atoms with van der Waals surface area (Å²) in [7, 11) is 0. The number of carbonyl (C=O) groups excluding carboxylic acids is 2. The van der Waals surface area contributed by atoms with Crippen LogP contribution < -0.4 is 0 Å². The van der Waals surface area contributed by atoms with Crippen molar-refractivity contribution in [3.63, 3.8) is 0 Å². The summed E-state index contributed by atoms with van der Waals surface area (Å²) in [6.45, 7) is 3.91. The third-order valence-corrected chi connectivity index (χ3v) is 5.98. The van der Waals surface area contributed by atoms with Crippen molar-refractivity contribution in [3.05, 3.63) is 62.7 Å². The molecule has 2 aromatic rings. The molecule has 0 unspecified atom stereocenters. The van der Waals surface area contributed by atoms with Crippen molar-refractivity contribution in [2.24, 2.45) is 10.4 Å². The van der Waals surface area contributed by atoms with Crippen LogP contribution in [0.1, 0.15) is 67.8 Å². The molecule has 0 saturated heterocycles. The third-order valence-electron chi connectivity index (χ3n) is 5.98. The molecule has 2 aliphatic carbocycles. The standard InChI is InChI=1S/C24H25N3O6/c1-24(2)12-17(25-14-6-8-15(9-7-14)27(31)32)22(20(30)13-24)19(29)11-10-16-23-18(28)4-3-5-21(23)33-26-16/h6-9,29H,3-5,10-13H2,1-2H3. The summed E-state index contributed by atoms with van der Waals surface area (Å²) >= 11 is 0. The quantitative estimate of drug-likeness (QED) is 0.292. The summed E-state index contributed by atoms with van der Waals surface area (Å²) in [5.74, 6) is 0.277. The van der Waals surface area contributed by atoms with Crippen molar-refractivity contribution in [1.82, 2.24) is 5.16 Å². The number of aliphatic hydroxyl groups is 1. The van der Waals surface area contributed by atoms with Gasteiger partial charge >= 0.3 is 0 Å². The topological polar surface area (TPSA) is 136 Å². The molecule has 0 radical (unpaired) electrons. The average Bonchev–Trinajstić information content (AvgIpc) is 3.16. The molecule has 1 aromatic carbocycles. The van der Waals surface area contributed by atoms with Crippen LogP contribution in [0.4, 0.5) is 11.4 Å². The monoisotopic (exact) mass is 451 g/mol. The number of non-ortho nitro benzene ring substituents is 1. The van der Waals surface area contributed by atoms with Crippen LogP contribution in [0.3, 0.4) is 0 Å². The zero-order chi connectivity index (χ0) is 23.8. The number of hydrogen-bond acceptors (Lipinski definition) is 8. The van der Waals surface area contributed by atoms with E-state index >= 15 is 0 Å². The number of rotatable bonds is 5. The Morgan fingerprint density at radius 2 is 1.91 bits per heavy atom. The summed E-state index contributed by atoms with van der Waals surface area (Å²) in [4.78, 5) is 40.2. The van der Waals surface area contributed by atoms with Crippen LogP contribution in [0, 0.1) is 15.5 Å². The Kier molecular flexibility index (Phi) is 5.97. The van der Waals surface area contributed by atoms with Crippen LogP contribution in [-0.2, 0) is 17.6 Å². The number of nitrogens with zero attached hydrogens (tertiary/aromatic N) is 3. The SMILES string of the molecule is CC1(C)CC(=O)C(=C(O)CCc2noc3c2C(=O)CCC3)C(=Nc2ccc([N+](=O)[O-])cc2)C1. The van der Waals surface area contributed by atoms with Crippen LogP contribution in [0.25, 0.3) is 0 Å². The third kappa shape index (κ3) is 4.76.